The second-order valence-corrected chi connectivity index (χ2v) is 15.4. The highest BCUT2D eigenvalue weighted by Crippen LogP contribution is 2.36. The van der Waals surface area contributed by atoms with Crippen LogP contribution >= 0.6 is 0 Å². The van der Waals surface area contributed by atoms with Crippen molar-refractivity contribution in [1.82, 2.24) is 35.1 Å². The summed E-state index contributed by atoms with van der Waals surface area (Å²) in [6, 6.07) is 8.06. The molecule has 1 unspecified atom stereocenters. The molecule has 0 radical (unpaired) electrons. The van der Waals surface area contributed by atoms with Crippen LogP contribution in [0.3, 0.4) is 0 Å². The van der Waals surface area contributed by atoms with E-state index in [1.165, 1.54) is 13.3 Å². The molecular weight excluding hydrogens is 761 g/mol. The summed E-state index contributed by atoms with van der Waals surface area (Å²) in [6.45, 7) is 8.74. The zero-order chi connectivity index (χ0) is 42.3. The molecule has 2 aromatic heterocycles. The zero-order valence-corrected chi connectivity index (χ0v) is 35.2. The molecule has 0 aliphatic carbocycles. The van der Waals surface area contributed by atoms with Crippen LogP contribution in [0.1, 0.15) is 102 Å². The number of carbonyl (C=O) groups excluding carboxylic acids is 3. The third kappa shape index (κ3) is 12.5. The number of fused-ring (bicyclic) bond motifs is 1. The summed E-state index contributed by atoms with van der Waals surface area (Å²) in [5.74, 6) is -0.516. The van der Waals surface area contributed by atoms with Crippen LogP contribution in [0.15, 0.2) is 48.0 Å². The van der Waals surface area contributed by atoms with E-state index in [0.717, 1.165) is 25.7 Å². The molecule has 3 N–H and O–H groups in total. The van der Waals surface area contributed by atoms with Crippen molar-refractivity contribution in [1.29, 1.82) is 0 Å². The summed E-state index contributed by atoms with van der Waals surface area (Å²) in [5.41, 5.74) is 1.47. The Morgan fingerprint density at radius 2 is 1.66 bits per heavy atom. The summed E-state index contributed by atoms with van der Waals surface area (Å²) in [4.78, 5) is 57.0. The number of nitrogens with one attached hydrogen (secondary N) is 2. The molecule has 2 saturated heterocycles. The lowest BCUT2D eigenvalue weighted by molar-refractivity contribution is -0.249. The van der Waals surface area contributed by atoms with Crippen molar-refractivity contribution >= 4 is 41.1 Å². The van der Waals surface area contributed by atoms with Gasteiger partial charge in [0.15, 0.2) is 29.5 Å². The number of nitrogens with zero attached hydrogens (tertiary/aromatic N) is 6. The van der Waals surface area contributed by atoms with E-state index in [4.69, 9.17) is 23.7 Å². The second kappa shape index (κ2) is 22.7. The van der Waals surface area contributed by atoms with E-state index >= 15 is 0 Å². The standard InChI is InChI=1S/C42H62N8O9/c1-7-30-27(3)36(59-41(54)29-18-12-11-13-19-29)33(48-28(4)51)42(58-30)56-23-17-14-20-32(52)43-21-15-9-10-16-22-55-37-31(8-2)57-40(35(37)53)50-26-46-34-38(47-25-49(5)6)44-24-45-39(34)50/h11-13,18-19,24-27,30-31,33,35-37,40,42,53H,7-10,14-17,20-23H2,1-6H3,(H,43,52)(H,48,51)/t27-,30+,31+,33+,35?,36-,37-,40+,42+/m0/s1. The Morgan fingerprint density at radius 3 is 2.39 bits per heavy atom. The topological polar surface area (TPSA) is 201 Å². The number of rotatable bonds is 22. The highest BCUT2D eigenvalue weighted by atomic mass is 16.7. The van der Waals surface area contributed by atoms with E-state index in [-0.39, 0.29) is 29.9 Å². The number of unbranched alkanes of at least 4 members (excludes halogenated alkanes) is 4. The van der Waals surface area contributed by atoms with Gasteiger partial charge in [0.25, 0.3) is 0 Å². The number of aromatic nitrogens is 4. The van der Waals surface area contributed by atoms with Gasteiger partial charge in [-0.2, -0.15) is 0 Å². The summed E-state index contributed by atoms with van der Waals surface area (Å²) in [5, 5.41) is 17.2. The summed E-state index contributed by atoms with van der Waals surface area (Å²) >= 11 is 0. The van der Waals surface area contributed by atoms with Crippen LogP contribution in [0.5, 0.6) is 0 Å². The Hall–Kier alpha value is -4.55. The second-order valence-electron chi connectivity index (χ2n) is 15.4. The number of ether oxygens (including phenoxy) is 5. The fourth-order valence-corrected chi connectivity index (χ4v) is 7.49. The van der Waals surface area contributed by atoms with Gasteiger partial charge in [0, 0.05) is 53.1 Å². The predicted octanol–water partition coefficient (Wildman–Crippen LogP) is 4.47. The van der Waals surface area contributed by atoms with Crippen molar-refractivity contribution in [3.63, 3.8) is 0 Å². The Kier molecular flexibility index (Phi) is 17.5. The molecular formula is C42H62N8O9. The van der Waals surface area contributed by atoms with Crippen LogP contribution in [-0.4, -0.2) is 130 Å². The predicted molar refractivity (Wildman–Crippen MR) is 220 cm³/mol. The number of aliphatic imine (C=N–C) groups is 1. The van der Waals surface area contributed by atoms with Gasteiger partial charge in [0.2, 0.25) is 11.8 Å². The first kappa shape index (κ1) is 45.5. The Labute approximate surface area is 346 Å². The van der Waals surface area contributed by atoms with E-state index in [0.29, 0.717) is 74.4 Å². The average molecular weight is 823 g/mol. The number of carbonyl (C=O) groups is 3. The normalized spacial score (nSPS) is 25.6. The average Bonchev–Trinajstić information content (AvgIpc) is 3.80. The molecule has 1 aromatic carbocycles. The maximum Gasteiger partial charge on any atom is 0.338 e. The maximum absolute atomic E-state index is 13.0. The summed E-state index contributed by atoms with van der Waals surface area (Å²) in [7, 11) is 3.74. The summed E-state index contributed by atoms with van der Waals surface area (Å²) < 4.78 is 32.5. The molecule has 0 saturated carbocycles. The van der Waals surface area contributed by atoms with E-state index in [1.807, 2.05) is 40.9 Å². The van der Waals surface area contributed by atoms with Crippen molar-refractivity contribution in [3.8, 4) is 0 Å². The number of aliphatic hydroxyl groups is 1. The highest BCUT2D eigenvalue weighted by molar-refractivity contribution is 5.89. The monoisotopic (exact) mass is 822 g/mol. The minimum Gasteiger partial charge on any atom is -0.456 e. The van der Waals surface area contributed by atoms with Gasteiger partial charge >= 0.3 is 5.97 Å². The van der Waals surface area contributed by atoms with Crippen LogP contribution in [-0.2, 0) is 33.3 Å². The fraction of sp³-hybridized carbons (Fsp3) is 0.643. The van der Waals surface area contributed by atoms with E-state index in [1.54, 1.807) is 46.4 Å². The lowest BCUT2D eigenvalue weighted by Crippen LogP contribution is -2.62. The smallest absolute Gasteiger partial charge is 0.338 e. The zero-order valence-electron chi connectivity index (χ0n) is 35.2. The van der Waals surface area contributed by atoms with E-state index < -0.39 is 42.8 Å². The summed E-state index contributed by atoms with van der Waals surface area (Å²) in [6.07, 6.45) is 7.02. The fourth-order valence-electron chi connectivity index (χ4n) is 7.49. The quantitative estimate of drug-likeness (QED) is 0.0556. The molecule has 2 fully saturated rings. The van der Waals surface area contributed by atoms with Gasteiger partial charge in [-0.05, 0) is 50.7 Å². The number of hydrogen-bond acceptors (Lipinski definition) is 13. The van der Waals surface area contributed by atoms with Crippen LogP contribution in [0.4, 0.5) is 5.82 Å². The molecule has 17 heteroatoms. The molecule has 5 rings (SSSR count). The molecule has 9 atom stereocenters. The lowest BCUT2D eigenvalue weighted by Gasteiger charge is -2.45. The molecule has 59 heavy (non-hydrogen) atoms. The van der Waals surface area contributed by atoms with Gasteiger partial charge < -0.3 is 44.3 Å². The number of amides is 2. The minimum absolute atomic E-state index is 0.0174. The third-order valence-electron chi connectivity index (χ3n) is 10.6. The Morgan fingerprint density at radius 1 is 0.932 bits per heavy atom. The minimum atomic E-state index is -0.912. The van der Waals surface area contributed by atoms with E-state index in [9.17, 15) is 19.5 Å². The van der Waals surface area contributed by atoms with Gasteiger partial charge in [-0.25, -0.2) is 24.7 Å². The Bertz CT molecular complexity index is 1810. The van der Waals surface area contributed by atoms with E-state index in [2.05, 4.69) is 30.6 Å². The van der Waals surface area contributed by atoms with Crippen molar-refractivity contribution in [3.05, 3.63) is 48.5 Å². The molecule has 0 spiro atoms. The van der Waals surface area contributed by atoms with Crippen LogP contribution in [0.25, 0.3) is 11.2 Å². The number of esters is 1. The first-order valence-corrected chi connectivity index (χ1v) is 20.9. The van der Waals surface area contributed by atoms with Crippen molar-refractivity contribution in [2.24, 2.45) is 10.9 Å². The van der Waals surface area contributed by atoms with Gasteiger partial charge in [0.05, 0.1) is 30.4 Å². The maximum atomic E-state index is 13.0. The van der Waals surface area contributed by atoms with Gasteiger partial charge in [-0.1, -0.05) is 51.8 Å². The first-order chi connectivity index (χ1) is 28.5. The number of hydrogen-bond donors (Lipinski definition) is 3. The SMILES string of the molecule is CC[C@H]1O[C@@H](OCCCCC(=O)NCCCCCCO[C@@H]2C(O)[C@H](n3cnc4c(N=CN(C)C)ncnc43)O[C@@H]2CC)[C@H](NC(C)=O)[C@@H](OC(=O)c2ccccc2)[C@H]1C. The molecule has 17 nitrogen and oxygen atoms in total. The molecule has 2 amide bonds. The van der Waals surface area contributed by atoms with Gasteiger partial charge in [-0.3, -0.25) is 14.2 Å². The number of imidazole rings is 1. The highest BCUT2D eigenvalue weighted by Gasteiger charge is 2.47. The third-order valence-corrected chi connectivity index (χ3v) is 10.6. The largest absolute Gasteiger partial charge is 0.456 e. The first-order valence-electron chi connectivity index (χ1n) is 20.9. The van der Waals surface area contributed by atoms with Crippen molar-refractivity contribution in [2.75, 3.05) is 33.9 Å². The molecule has 0 bridgehead atoms. The molecule has 2 aliphatic heterocycles. The van der Waals surface area contributed by atoms with Gasteiger partial charge in [0.1, 0.15) is 30.7 Å². The molecule has 3 aromatic rings. The van der Waals surface area contributed by atoms with Crippen molar-refractivity contribution < 1.29 is 43.2 Å². The Balaban J connectivity index is 0.966. The van der Waals surface area contributed by atoms with Crippen LogP contribution < -0.4 is 10.6 Å². The molecule has 324 valence electrons. The number of aliphatic hydroxyl groups excluding tert-OH is 1. The lowest BCUT2D eigenvalue weighted by atomic mass is 9.87. The number of benzene rings is 1. The van der Waals surface area contributed by atoms with Crippen molar-refractivity contribution in [2.45, 2.75) is 135 Å². The van der Waals surface area contributed by atoms with Crippen LogP contribution in [0.2, 0.25) is 0 Å². The molecule has 4 heterocycles. The molecule has 2 aliphatic rings. The van der Waals surface area contributed by atoms with Crippen LogP contribution in [0, 0.1) is 5.92 Å². The van der Waals surface area contributed by atoms with Gasteiger partial charge in [-0.15, -0.1) is 0 Å².